The monoisotopic (exact) mass is 345 g/mol. The fraction of sp³-hybridized carbons (Fsp3) is 0.118. The summed E-state index contributed by atoms with van der Waals surface area (Å²) in [6, 6.07) is 14.4. The van der Waals surface area contributed by atoms with E-state index in [0.29, 0.717) is 10.8 Å². The molecule has 0 fully saturated rings. The van der Waals surface area contributed by atoms with Crippen molar-refractivity contribution in [3.05, 3.63) is 80.9 Å². The number of aromatic nitrogens is 1. The summed E-state index contributed by atoms with van der Waals surface area (Å²) in [4.78, 5) is 12.6. The van der Waals surface area contributed by atoms with Gasteiger partial charge < -0.3 is 4.57 Å². The van der Waals surface area contributed by atoms with Crippen LogP contribution >= 0.6 is 15.9 Å². The zero-order valence-corrected chi connectivity index (χ0v) is 13.0. The zero-order valence-electron chi connectivity index (χ0n) is 11.4. The van der Waals surface area contributed by atoms with Crippen LogP contribution in [-0.2, 0) is 0 Å². The molecule has 3 aromatic rings. The van der Waals surface area contributed by atoms with Crippen LogP contribution in [0.2, 0.25) is 0 Å². The number of pyridine rings is 1. The number of rotatable bonds is 2. The van der Waals surface area contributed by atoms with Crippen molar-refractivity contribution in [3.8, 4) is 0 Å². The molecule has 0 amide bonds. The van der Waals surface area contributed by atoms with E-state index in [-0.39, 0.29) is 11.6 Å². The molecule has 0 N–H and O–H groups in total. The minimum atomic E-state index is -0.395. The Bertz CT molecular complexity index is 858. The highest BCUT2D eigenvalue weighted by Crippen LogP contribution is 2.22. The van der Waals surface area contributed by atoms with Crippen molar-refractivity contribution in [2.24, 2.45) is 0 Å². The lowest BCUT2D eigenvalue weighted by Crippen LogP contribution is -2.24. The van der Waals surface area contributed by atoms with Gasteiger partial charge in [-0.25, -0.2) is 4.39 Å². The molecule has 0 aliphatic carbocycles. The van der Waals surface area contributed by atoms with Crippen LogP contribution < -0.4 is 5.56 Å². The van der Waals surface area contributed by atoms with Gasteiger partial charge in [-0.1, -0.05) is 46.3 Å². The van der Waals surface area contributed by atoms with Crippen molar-refractivity contribution in [2.75, 3.05) is 0 Å². The summed E-state index contributed by atoms with van der Waals surface area (Å²) in [6.07, 6.45) is 1.29. The third-order valence-electron chi connectivity index (χ3n) is 3.66. The Kier molecular flexibility index (Phi) is 3.64. The van der Waals surface area contributed by atoms with E-state index in [1.807, 2.05) is 37.3 Å². The van der Waals surface area contributed by atoms with Crippen LogP contribution in [0, 0.1) is 5.82 Å². The molecule has 0 saturated carbocycles. The Labute approximate surface area is 130 Å². The summed E-state index contributed by atoms with van der Waals surface area (Å²) in [5.41, 5.74) is 0.783. The van der Waals surface area contributed by atoms with E-state index < -0.39 is 5.82 Å². The van der Waals surface area contributed by atoms with Crippen molar-refractivity contribution in [3.63, 3.8) is 0 Å². The van der Waals surface area contributed by atoms with Crippen molar-refractivity contribution in [1.29, 1.82) is 0 Å². The molecule has 1 aromatic heterocycles. The number of fused-ring (bicyclic) bond motifs is 1. The molecule has 4 heteroatoms. The summed E-state index contributed by atoms with van der Waals surface area (Å²) in [6.45, 7) is 1.89. The van der Waals surface area contributed by atoms with E-state index in [9.17, 15) is 9.18 Å². The van der Waals surface area contributed by atoms with Gasteiger partial charge in [-0.2, -0.15) is 0 Å². The van der Waals surface area contributed by atoms with Gasteiger partial charge in [0.05, 0.1) is 11.4 Å². The Balaban J connectivity index is 2.23. The molecular formula is C17H13BrFNO. The fourth-order valence-corrected chi connectivity index (χ4v) is 2.83. The molecule has 0 spiro atoms. The first-order valence-electron chi connectivity index (χ1n) is 6.63. The second-order valence-electron chi connectivity index (χ2n) is 4.97. The first-order chi connectivity index (χ1) is 10.1. The predicted molar refractivity (Wildman–Crippen MR) is 86.1 cm³/mol. The lowest BCUT2D eigenvalue weighted by molar-refractivity contribution is 0.568. The van der Waals surface area contributed by atoms with Crippen molar-refractivity contribution in [2.45, 2.75) is 13.0 Å². The summed E-state index contributed by atoms with van der Waals surface area (Å²) in [7, 11) is 0. The normalized spacial score (nSPS) is 12.5. The molecule has 1 unspecified atom stereocenters. The highest BCUT2D eigenvalue weighted by Gasteiger charge is 2.14. The van der Waals surface area contributed by atoms with Crippen LogP contribution in [0.25, 0.3) is 10.8 Å². The van der Waals surface area contributed by atoms with E-state index in [4.69, 9.17) is 0 Å². The fourth-order valence-electron chi connectivity index (χ4n) is 2.47. The molecule has 1 heterocycles. The molecule has 0 aliphatic rings. The first kappa shape index (κ1) is 14.0. The highest BCUT2D eigenvalue weighted by atomic mass is 79.9. The molecule has 0 radical (unpaired) electrons. The average molecular weight is 346 g/mol. The van der Waals surface area contributed by atoms with E-state index in [1.165, 1.54) is 10.8 Å². The lowest BCUT2D eigenvalue weighted by atomic mass is 10.1. The minimum Gasteiger partial charge on any atom is -0.305 e. The predicted octanol–water partition coefficient (Wildman–Crippen LogP) is 4.51. The Morgan fingerprint density at radius 1 is 1.10 bits per heavy atom. The largest absolute Gasteiger partial charge is 0.305 e. The summed E-state index contributed by atoms with van der Waals surface area (Å²) < 4.78 is 16.5. The highest BCUT2D eigenvalue weighted by molar-refractivity contribution is 9.10. The molecule has 0 saturated heterocycles. The quantitative estimate of drug-likeness (QED) is 0.669. The standard InChI is InChI=1S/C17H13BrFNO/c1-11(12-5-3-2-4-6-12)20-10-16(19)15-9-13(18)7-8-14(15)17(20)21/h2-11H,1H3. The molecule has 106 valence electrons. The maximum absolute atomic E-state index is 14.3. The van der Waals surface area contributed by atoms with E-state index in [0.717, 1.165) is 10.0 Å². The molecule has 0 bridgehead atoms. The van der Waals surface area contributed by atoms with Crippen LogP contribution in [0.1, 0.15) is 18.5 Å². The zero-order chi connectivity index (χ0) is 15.0. The summed E-state index contributed by atoms with van der Waals surface area (Å²) in [5.74, 6) is -0.395. The maximum atomic E-state index is 14.3. The Hall–Kier alpha value is -1.94. The van der Waals surface area contributed by atoms with Gasteiger partial charge in [0, 0.05) is 16.1 Å². The third-order valence-corrected chi connectivity index (χ3v) is 4.15. The van der Waals surface area contributed by atoms with E-state index in [2.05, 4.69) is 15.9 Å². The van der Waals surface area contributed by atoms with Crippen LogP contribution in [0.3, 0.4) is 0 Å². The topological polar surface area (TPSA) is 22.0 Å². The second kappa shape index (κ2) is 5.45. The van der Waals surface area contributed by atoms with Gasteiger partial charge in [-0.05, 0) is 30.7 Å². The Morgan fingerprint density at radius 3 is 2.52 bits per heavy atom. The smallest absolute Gasteiger partial charge is 0.259 e. The van der Waals surface area contributed by atoms with Gasteiger partial charge in [0.25, 0.3) is 5.56 Å². The van der Waals surface area contributed by atoms with Gasteiger partial charge in [0.15, 0.2) is 0 Å². The number of hydrogen-bond acceptors (Lipinski definition) is 1. The van der Waals surface area contributed by atoms with Crippen molar-refractivity contribution < 1.29 is 4.39 Å². The molecule has 0 aliphatic heterocycles. The number of hydrogen-bond donors (Lipinski definition) is 0. The molecule has 21 heavy (non-hydrogen) atoms. The molecule has 2 nitrogen and oxygen atoms in total. The first-order valence-corrected chi connectivity index (χ1v) is 7.42. The van der Waals surface area contributed by atoms with Gasteiger partial charge in [0.2, 0.25) is 0 Å². The van der Waals surface area contributed by atoms with Crippen LogP contribution in [0.4, 0.5) is 4.39 Å². The summed E-state index contributed by atoms with van der Waals surface area (Å²) >= 11 is 3.30. The van der Waals surface area contributed by atoms with Crippen molar-refractivity contribution in [1.82, 2.24) is 4.57 Å². The SMILES string of the molecule is CC(c1ccccc1)n1cc(F)c2cc(Br)ccc2c1=O. The van der Waals surface area contributed by atoms with Crippen LogP contribution in [0.5, 0.6) is 0 Å². The molecule has 1 atom stereocenters. The molecular weight excluding hydrogens is 333 g/mol. The van der Waals surface area contributed by atoms with E-state index in [1.54, 1.807) is 18.2 Å². The summed E-state index contributed by atoms with van der Waals surface area (Å²) in [5, 5.41) is 0.729. The van der Waals surface area contributed by atoms with Gasteiger partial charge in [-0.15, -0.1) is 0 Å². The number of benzene rings is 2. The maximum Gasteiger partial charge on any atom is 0.259 e. The Morgan fingerprint density at radius 2 is 1.81 bits per heavy atom. The average Bonchev–Trinajstić information content (AvgIpc) is 2.51. The van der Waals surface area contributed by atoms with Crippen molar-refractivity contribution >= 4 is 26.7 Å². The van der Waals surface area contributed by atoms with Gasteiger partial charge >= 0.3 is 0 Å². The lowest BCUT2D eigenvalue weighted by Gasteiger charge is -2.16. The number of halogens is 2. The van der Waals surface area contributed by atoms with Crippen LogP contribution in [-0.4, -0.2) is 4.57 Å². The number of nitrogens with zero attached hydrogens (tertiary/aromatic N) is 1. The van der Waals surface area contributed by atoms with Crippen LogP contribution in [0.15, 0.2) is 64.0 Å². The third kappa shape index (κ3) is 2.51. The van der Waals surface area contributed by atoms with Gasteiger partial charge in [0.1, 0.15) is 5.82 Å². The van der Waals surface area contributed by atoms with Gasteiger partial charge in [-0.3, -0.25) is 4.79 Å². The second-order valence-corrected chi connectivity index (χ2v) is 5.88. The van der Waals surface area contributed by atoms with E-state index >= 15 is 0 Å². The minimum absolute atomic E-state index is 0.185. The molecule has 2 aromatic carbocycles. The molecule has 3 rings (SSSR count).